The highest BCUT2D eigenvalue weighted by Crippen LogP contribution is 2.17. The van der Waals surface area contributed by atoms with Gasteiger partial charge in [-0.3, -0.25) is 4.90 Å². The summed E-state index contributed by atoms with van der Waals surface area (Å²) in [6, 6.07) is 12.0. The first-order chi connectivity index (χ1) is 11.3. The van der Waals surface area contributed by atoms with Crippen molar-refractivity contribution in [2.75, 3.05) is 25.5 Å². The first kappa shape index (κ1) is 15.3. The predicted molar refractivity (Wildman–Crippen MR) is 87.0 cm³/mol. The third-order valence-electron chi connectivity index (χ3n) is 3.93. The van der Waals surface area contributed by atoms with Crippen LogP contribution < -0.4 is 10.1 Å². The van der Waals surface area contributed by atoms with Gasteiger partial charge in [0.05, 0.1) is 18.7 Å². The number of nitriles is 1. The minimum atomic E-state index is 0.334. The van der Waals surface area contributed by atoms with Gasteiger partial charge in [0, 0.05) is 37.9 Å². The second-order valence-corrected chi connectivity index (χ2v) is 5.60. The molecule has 0 radical (unpaired) electrons. The molecule has 0 saturated carbocycles. The lowest BCUT2D eigenvalue weighted by molar-refractivity contribution is 0.328. The Morgan fingerprint density at radius 3 is 2.91 bits per heavy atom. The van der Waals surface area contributed by atoms with Crippen LogP contribution in [0.15, 0.2) is 36.5 Å². The van der Waals surface area contributed by atoms with Crippen molar-refractivity contribution in [3.63, 3.8) is 0 Å². The molecule has 0 spiro atoms. The maximum absolute atomic E-state index is 8.84. The molecular formula is C17H19N5O. The molecule has 6 heteroatoms. The number of methoxy groups -OCH3 is 1. The first-order valence-electron chi connectivity index (χ1n) is 7.62. The number of rotatable bonds is 5. The monoisotopic (exact) mass is 309 g/mol. The zero-order chi connectivity index (χ0) is 16.1. The van der Waals surface area contributed by atoms with Crippen LogP contribution in [0.25, 0.3) is 0 Å². The van der Waals surface area contributed by atoms with Gasteiger partial charge >= 0.3 is 0 Å². The van der Waals surface area contributed by atoms with Crippen LogP contribution in [0, 0.1) is 11.3 Å². The van der Waals surface area contributed by atoms with E-state index in [0.717, 1.165) is 26.1 Å². The molecule has 1 aliphatic rings. The molecule has 2 aromatic rings. The molecule has 1 atom stereocenters. The molecule has 0 bridgehead atoms. The summed E-state index contributed by atoms with van der Waals surface area (Å²) < 4.78 is 5.11. The van der Waals surface area contributed by atoms with Gasteiger partial charge in [-0.25, -0.2) is 4.98 Å². The molecule has 1 unspecified atom stereocenters. The molecule has 0 amide bonds. The fraction of sp³-hybridized carbons (Fsp3) is 0.353. The van der Waals surface area contributed by atoms with Crippen molar-refractivity contribution < 1.29 is 4.74 Å². The van der Waals surface area contributed by atoms with E-state index in [4.69, 9.17) is 10.00 Å². The molecular weight excluding hydrogens is 290 g/mol. The molecule has 0 aliphatic carbocycles. The minimum absolute atomic E-state index is 0.334. The van der Waals surface area contributed by atoms with Crippen LogP contribution >= 0.6 is 0 Å². The molecule has 1 aliphatic heterocycles. The first-order valence-corrected chi connectivity index (χ1v) is 7.62. The molecule has 6 nitrogen and oxygen atoms in total. The van der Waals surface area contributed by atoms with Gasteiger partial charge in [-0.05, 0) is 24.1 Å². The summed E-state index contributed by atoms with van der Waals surface area (Å²) in [5.74, 6) is 1.17. The molecule has 2 heterocycles. The third-order valence-corrected chi connectivity index (χ3v) is 3.93. The summed E-state index contributed by atoms with van der Waals surface area (Å²) in [6.45, 7) is 2.87. The summed E-state index contributed by atoms with van der Waals surface area (Å²) in [5, 5.41) is 12.2. The van der Waals surface area contributed by atoms with Gasteiger partial charge in [0.15, 0.2) is 0 Å². The number of likely N-dealkylation sites (tertiary alicyclic amines) is 1. The number of nitrogens with zero attached hydrogens (tertiary/aromatic N) is 4. The Bertz CT molecular complexity index is 695. The number of hydrogen-bond donors (Lipinski definition) is 1. The van der Waals surface area contributed by atoms with E-state index < -0.39 is 0 Å². The van der Waals surface area contributed by atoms with Gasteiger partial charge in [-0.2, -0.15) is 10.2 Å². The van der Waals surface area contributed by atoms with Crippen molar-refractivity contribution in [1.29, 1.82) is 5.26 Å². The Morgan fingerprint density at radius 2 is 2.17 bits per heavy atom. The number of nitrogens with one attached hydrogen (secondary N) is 1. The molecule has 1 aromatic heterocycles. The minimum Gasteiger partial charge on any atom is -0.481 e. The van der Waals surface area contributed by atoms with E-state index in [1.165, 1.54) is 5.56 Å². The van der Waals surface area contributed by atoms with E-state index in [9.17, 15) is 0 Å². The van der Waals surface area contributed by atoms with Gasteiger partial charge in [0.1, 0.15) is 0 Å². The highest BCUT2D eigenvalue weighted by molar-refractivity contribution is 5.32. The maximum Gasteiger partial charge on any atom is 0.226 e. The van der Waals surface area contributed by atoms with Crippen LogP contribution in [0.4, 0.5) is 5.95 Å². The van der Waals surface area contributed by atoms with Crippen LogP contribution in [0.5, 0.6) is 5.88 Å². The quantitative estimate of drug-likeness (QED) is 0.911. The summed E-state index contributed by atoms with van der Waals surface area (Å²) in [5.41, 5.74) is 1.92. The van der Waals surface area contributed by atoms with Crippen molar-refractivity contribution in [3.8, 4) is 11.9 Å². The average molecular weight is 309 g/mol. The second kappa shape index (κ2) is 7.07. The molecule has 1 fully saturated rings. The Morgan fingerprint density at radius 1 is 1.35 bits per heavy atom. The van der Waals surface area contributed by atoms with Crippen LogP contribution in [-0.2, 0) is 6.54 Å². The van der Waals surface area contributed by atoms with Crippen molar-refractivity contribution in [2.45, 2.75) is 19.0 Å². The standard InChI is InChI=1S/C17H19N5O/c1-23-16-6-8-19-17(21-16)20-15-7-9-22(12-15)11-14-4-2-13(10-18)3-5-14/h2-6,8,15H,7,9,11-12H2,1H3,(H,19,20,21). The SMILES string of the molecule is COc1ccnc(NC2CCN(Cc3ccc(C#N)cc3)C2)n1. The van der Waals surface area contributed by atoms with E-state index in [-0.39, 0.29) is 0 Å². The molecule has 1 N–H and O–H groups in total. The highest BCUT2D eigenvalue weighted by atomic mass is 16.5. The highest BCUT2D eigenvalue weighted by Gasteiger charge is 2.23. The summed E-state index contributed by atoms with van der Waals surface area (Å²) in [6.07, 6.45) is 2.74. The molecule has 1 saturated heterocycles. The normalized spacial score (nSPS) is 17.7. The van der Waals surface area contributed by atoms with Gasteiger partial charge in [0.2, 0.25) is 11.8 Å². The molecule has 118 valence electrons. The molecule has 1 aromatic carbocycles. The van der Waals surface area contributed by atoms with Crippen LogP contribution in [-0.4, -0.2) is 41.1 Å². The van der Waals surface area contributed by atoms with Gasteiger partial charge in [0.25, 0.3) is 0 Å². The van der Waals surface area contributed by atoms with E-state index in [1.54, 1.807) is 19.4 Å². The van der Waals surface area contributed by atoms with Crippen molar-refractivity contribution in [2.24, 2.45) is 0 Å². The Balaban J connectivity index is 1.54. The summed E-state index contributed by atoms with van der Waals surface area (Å²) in [7, 11) is 1.60. The Hall–Kier alpha value is -2.65. The Labute approximate surface area is 135 Å². The lowest BCUT2D eigenvalue weighted by Crippen LogP contribution is -2.26. The van der Waals surface area contributed by atoms with Gasteiger partial charge in [-0.1, -0.05) is 12.1 Å². The van der Waals surface area contributed by atoms with Gasteiger partial charge in [-0.15, -0.1) is 0 Å². The zero-order valence-corrected chi connectivity index (χ0v) is 13.1. The topological polar surface area (TPSA) is 74.1 Å². The van der Waals surface area contributed by atoms with Crippen molar-refractivity contribution >= 4 is 5.95 Å². The second-order valence-electron chi connectivity index (χ2n) is 5.60. The van der Waals surface area contributed by atoms with E-state index in [0.29, 0.717) is 23.4 Å². The lowest BCUT2D eigenvalue weighted by atomic mass is 10.1. The van der Waals surface area contributed by atoms with E-state index in [1.807, 2.05) is 24.3 Å². The molecule has 23 heavy (non-hydrogen) atoms. The van der Waals surface area contributed by atoms with Gasteiger partial charge < -0.3 is 10.1 Å². The van der Waals surface area contributed by atoms with Crippen molar-refractivity contribution in [3.05, 3.63) is 47.7 Å². The maximum atomic E-state index is 8.84. The lowest BCUT2D eigenvalue weighted by Gasteiger charge is -2.17. The predicted octanol–water partition coefficient (Wildman–Crippen LogP) is 2.04. The Kier molecular flexibility index (Phi) is 4.69. The summed E-state index contributed by atoms with van der Waals surface area (Å²) in [4.78, 5) is 10.9. The van der Waals surface area contributed by atoms with Crippen LogP contribution in [0.2, 0.25) is 0 Å². The summed E-state index contributed by atoms with van der Waals surface area (Å²) >= 11 is 0. The number of ether oxygens (including phenoxy) is 1. The van der Waals surface area contributed by atoms with Crippen LogP contribution in [0.3, 0.4) is 0 Å². The largest absolute Gasteiger partial charge is 0.481 e. The number of anilines is 1. The fourth-order valence-corrected chi connectivity index (χ4v) is 2.74. The molecule has 3 rings (SSSR count). The van der Waals surface area contributed by atoms with Crippen LogP contribution in [0.1, 0.15) is 17.5 Å². The number of benzene rings is 1. The van der Waals surface area contributed by atoms with E-state index >= 15 is 0 Å². The van der Waals surface area contributed by atoms with Crippen molar-refractivity contribution in [1.82, 2.24) is 14.9 Å². The zero-order valence-electron chi connectivity index (χ0n) is 13.1. The third kappa shape index (κ3) is 3.96. The fourth-order valence-electron chi connectivity index (χ4n) is 2.74. The smallest absolute Gasteiger partial charge is 0.226 e. The van der Waals surface area contributed by atoms with E-state index in [2.05, 4.69) is 26.3 Å². The number of aromatic nitrogens is 2. The number of hydrogen-bond acceptors (Lipinski definition) is 6. The average Bonchev–Trinajstić information content (AvgIpc) is 3.02.